The largest absolute Gasteiger partial charge is 0.466 e. The van der Waals surface area contributed by atoms with Gasteiger partial charge in [-0.1, -0.05) is 0 Å². The lowest BCUT2D eigenvalue weighted by Gasteiger charge is -2.32. The summed E-state index contributed by atoms with van der Waals surface area (Å²) in [5, 5.41) is 0. The zero-order valence-electron chi connectivity index (χ0n) is 9.87. The van der Waals surface area contributed by atoms with Crippen molar-refractivity contribution in [2.24, 2.45) is 0 Å². The summed E-state index contributed by atoms with van der Waals surface area (Å²) in [4.78, 5) is 15.3. The molecule has 0 atom stereocenters. The number of hydrogen-bond acceptors (Lipinski definition) is 4. The van der Waals surface area contributed by atoms with Crippen LogP contribution in [0.15, 0.2) is 0 Å². The first-order valence-corrected chi connectivity index (χ1v) is 5.73. The molecule has 1 aliphatic rings. The number of carbonyl (C=O) groups excluding carboxylic acids is 1. The van der Waals surface area contributed by atoms with E-state index in [1.165, 1.54) is 33.1 Å². The molecule has 4 heteroatoms. The number of nitrogens with zero attached hydrogens (tertiary/aromatic N) is 2. The molecule has 0 aromatic heterocycles. The molecule has 1 heterocycles. The van der Waals surface area contributed by atoms with Crippen molar-refractivity contribution in [3.05, 3.63) is 0 Å². The van der Waals surface area contributed by atoms with E-state index in [0.29, 0.717) is 6.61 Å². The number of unbranched alkanes of at least 4 members (excludes halogenated alkanes) is 1. The Labute approximate surface area is 92.2 Å². The van der Waals surface area contributed by atoms with Crippen molar-refractivity contribution in [1.29, 1.82) is 0 Å². The number of rotatable bonds is 5. The molecular weight excluding hydrogens is 192 g/mol. The van der Waals surface area contributed by atoms with Gasteiger partial charge in [-0.05, 0) is 26.4 Å². The maximum Gasteiger partial charge on any atom is 0.302 e. The Morgan fingerprint density at radius 3 is 2.47 bits per heavy atom. The molecule has 15 heavy (non-hydrogen) atoms. The minimum absolute atomic E-state index is 0.172. The number of hydrogen-bond donors (Lipinski definition) is 0. The second-order valence-electron chi connectivity index (χ2n) is 4.19. The lowest BCUT2D eigenvalue weighted by Crippen LogP contribution is -2.44. The van der Waals surface area contributed by atoms with Gasteiger partial charge in [0.1, 0.15) is 0 Å². The van der Waals surface area contributed by atoms with Crippen molar-refractivity contribution >= 4 is 5.97 Å². The summed E-state index contributed by atoms with van der Waals surface area (Å²) in [6.07, 6.45) is 2.10. The smallest absolute Gasteiger partial charge is 0.302 e. The van der Waals surface area contributed by atoms with Gasteiger partial charge in [0.15, 0.2) is 0 Å². The molecule has 1 saturated heterocycles. The SMILES string of the molecule is CC(=O)OCCCCN1CCN(C)CC1. The molecule has 0 aliphatic carbocycles. The third kappa shape index (κ3) is 5.74. The monoisotopic (exact) mass is 214 g/mol. The summed E-state index contributed by atoms with van der Waals surface area (Å²) < 4.78 is 4.88. The lowest BCUT2D eigenvalue weighted by atomic mass is 10.2. The highest BCUT2D eigenvalue weighted by atomic mass is 16.5. The van der Waals surface area contributed by atoms with Gasteiger partial charge < -0.3 is 14.5 Å². The molecule has 0 N–H and O–H groups in total. The minimum Gasteiger partial charge on any atom is -0.466 e. The zero-order valence-corrected chi connectivity index (χ0v) is 9.87. The maximum atomic E-state index is 10.5. The lowest BCUT2D eigenvalue weighted by molar-refractivity contribution is -0.141. The Bertz CT molecular complexity index is 189. The summed E-state index contributed by atoms with van der Waals surface area (Å²) in [5.74, 6) is -0.172. The standard InChI is InChI=1S/C11H22N2O2/c1-11(14)15-10-4-3-5-13-8-6-12(2)7-9-13/h3-10H2,1-2H3. The fraction of sp³-hybridized carbons (Fsp3) is 0.909. The van der Waals surface area contributed by atoms with Crippen molar-refractivity contribution < 1.29 is 9.53 Å². The van der Waals surface area contributed by atoms with Crippen molar-refractivity contribution in [3.8, 4) is 0 Å². The van der Waals surface area contributed by atoms with Crippen LogP contribution in [0.1, 0.15) is 19.8 Å². The van der Waals surface area contributed by atoms with Gasteiger partial charge in [-0.2, -0.15) is 0 Å². The molecule has 1 rings (SSSR count). The zero-order chi connectivity index (χ0) is 11.1. The van der Waals surface area contributed by atoms with E-state index in [4.69, 9.17) is 4.74 Å². The summed E-state index contributed by atoms with van der Waals surface area (Å²) in [6.45, 7) is 7.85. The number of likely N-dealkylation sites (N-methyl/N-ethyl adjacent to an activating group) is 1. The average Bonchev–Trinajstić information content (AvgIpc) is 2.20. The second-order valence-corrected chi connectivity index (χ2v) is 4.19. The predicted octanol–water partition coefficient (Wildman–Crippen LogP) is 0.577. The number of piperazine rings is 1. The number of carbonyl (C=O) groups is 1. The highest BCUT2D eigenvalue weighted by Crippen LogP contribution is 2.01. The molecule has 1 aliphatic heterocycles. The van der Waals surface area contributed by atoms with E-state index in [-0.39, 0.29) is 5.97 Å². The molecule has 4 nitrogen and oxygen atoms in total. The molecule has 1 fully saturated rings. The molecule has 0 amide bonds. The Hall–Kier alpha value is -0.610. The van der Waals surface area contributed by atoms with Crippen LogP contribution in [0.3, 0.4) is 0 Å². The van der Waals surface area contributed by atoms with Gasteiger partial charge in [-0.3, -0.25) is 4.79 Å². The van der Waals surface area contributed by atoms with Gasteiger partial charge in [0, 0.05) is 33.1 Å². The molecule has 0 unspecified atom stereocenters. The van der Waals surface area contributed by atoms with Crippen LogP contribution in [0.5, 0.6) is 0 Å². The van der Waals surface area contributed by atoms with Gasteiger partial charge in [0.2, 0.25) is 0 Å². The molecule has 0 saturated carbocycles. The van der Waals surface area contributed by atoms with Crippen molar-refractivity contribution in [3.63, 3.8) is 0 Å². The first-order chi connectivity index (χ1) is 7.18. The Balaban J connectivity index is 1.94. The summed E-state index contributed by atoms with van der Waals surface area (Å²) in [7, 11) is 2.16. The van der Waals surface area contributed by atoms with Gasteiger partial charge in [-0.15, -0.1) is 0 Å². The van der Waals surface area contributed by atoms with Gasteiger partial charge in [0.25, 0.3) is 0 Å². The highest BCUT2D eigenvalue weighted by molar-refractivity contribution is 5.65. The van der Waals surface area contributed by atoms with E-state index < -0.39 is 0 Å². The average molecular weight is 214 g/mol. The Morgan fingerprint density at radius 2 is 1.87 bits per heavy atom. The van der Waals surface area contributed by atoms with E-state index in [9.17, 15) is 4.79 Å². The molecule has 0 spiro atoms. The van der Waals surface area contributed by atoms with Gasteiger partial charge in [-0.25, -0.2) is 0 Å². The molecule has 0 aromatic carbocycles. The van der Waals surface area contributed by atoms with E-state index >= 15 is 0 Å². The van der Waals surface area contributed by atoms with Crippen LogP contribution in [-0.2, 0) is 9.53 Å². The normalized spacial score (nSPS) is 19.1. The molecule has 0 bridgehead atoms. The Morgan fingerprint density at radius 1 is 1.20 bits per heavy atom. The third-order valence-electron chi connectivity index (χ3n) is 2.77. The van der Waals surface area contributed by atoms with E-state index in [1.807, 2.05) is 0 Å². The van der Waals surface area contributed by atoms with Crippen molar-refractivity contribution in [2.45, 2.75) is 19.8 Å². The maximum absolute atomic E-state index is 10.5. The van der Waals surface area contributed by atoms with Crippen LogP contribution >= 0.6 is 0 Å². The molecular formula is C11H22N2O2. The van der Waals surface area contributed by atoms with Crippen LogP contribution < -0.4 is 0 Å². The van der Waals surface area contributed by atoms with E-state index in [0.717, 1.165) is 19.4 Å². The summed E-state index contributed by atoms with van der Waals surface area (Å²) in [5.41, 5.74) is 0. The van der Waals surface area contributed by atoms with Crippen LogP contribution in [0, 0.1) is 0 Å². The fourth-order valence-electron chi connectivity index (χ4n) is 1.72. The van der Waals surface area contributed by atoms with Crippen LogP contribution in [0.4, 0.5) is 0 Å². The predicted molar refractivity (Wildman–Crippen MR) is 59.8 cm³/mol. The Kier molecular flexibility index (Phi) is 5.65. The third-order valence-corrected chi connectivity index (χ3v) is 2.77. The molecule has 0 aromatic rings. The molecule has 0 radical (unpaired) electrons. The van der Waals surface area contributed by atoms with Gasteiger partial charge >= 0.3 is 5.97 Å². The van der Waals surface area contributed by atoms with Crippen LogP contribution in [0.25, 0.3) is 0 Å². The fourth-order valence-corrected chi connectivity index (χ4v) is 1.72. The first kappa shape index (κ1) is 12.5. The summed E-state index contributed by atoms with van der Waals surface area (Å²) in [6, 6.07) is 0. The van der Waals surface area contributed by atoms with Crippen molar-refractivity contribution in [2.75, 3.05) is 46.4 Å². The number of ether oxygens (including phenoxy) is 1. The molecule has 88 valence electrons. The summed E-state index contributed by atoms with van der Waals surface area (Å²) >= 11 is 0. The topological polar surface area (TPSA) is 32.8 Å². The second kappa shape index (κ2) is 6.80. The quantitative estimate of drug-likeness (QED) is 0.495. The number of esters is 1. The first-order valence-electron chi connectivity index (χ1n) is 5.73. The van der Waals surface area contributed by atoms with E-state index in [1.54, 1.807) is 0 Å². The van der Waals surface area contributed by atoms with Gasteiger partial charge in [0.05, 0.1) is 6.61 Å². The van der Waals surface area contributed by atoms with E-state index in [2.05, 4.69) is 16.8 Å². The minimum atomic E-state index is -0.172. The highest BCUT2D eigenvalue weighted by Gasteiger charge is 2.12. The van der Waals surface area contributed by atoms with Crippen LogP contribution in [0.2, 0.25) is 0 Å². The van der Waals surface area contributed by atoms with Crippen molar-refractivity contribution in [1.82, 2.24) is 9.80 Å². The van der Waals surface area contributed by atoms with Crippen LogP contribution in [-0.4, -0.2) is 62.1 Å².